The van der Waals surface area contributed by atoms with E-state index >= 15 is 0 Å². The average Bonchev–Trinajstić information content (AvgIpc) is 2.45. The molecule has 0 aliphatic carbocycles. The van der Waals surface area contributed by atoms with Gasteiger partial charge in [0.25, 0.3) is 0 Å². The number of nitrogen functional groups attached to an aromatic ring is 1. The topological polar surface area (TPSA) is 70.1 Å². The van der Waals surface area contributed by atoms with E-state index in [1.54, 1.807) is 0 Å². The summed E-state index contributed by atoms with van der Waals surface area (Å²) in [6, 6.07) is 9.93. The van der Waals surface area contributed by atoms with Crippen LogP contribution in [0.3, 0.4) is 0 Å². The predicted molar refractivity (Wildman–Crippen MR) is 86.5 cm³/mol. The van der Waals surface area contributed by atoms with Gasteiger partial charge in [-0.15, -0.1) is 0 Å². The Balaban J connectivity index is 2.45. The maximum Gasteiger partial charge on any atom is 0.351 e. The number of nitrogens with two attached hydrogens (primary N) is 1. The zero-order valence-corrected chi connectivity index (χ0v) is 13.3. The second-order valence-electron chi connectivity index (χ2n) is 4.25. The van der Waals surface area contributed by atoms with Crippen LogP contribution in [0.2, 0.25) is 0 Å². The van der Waals surface area contributed by atoms with E-state index in [2.05, 4.69) is 27.6 Å². The molecule has 20 heavy (non-hydrogen) atoms. The lowest BCUT2D eigenvalue weighted by Crippen LogP contribution is -2.30. The summed E-state index contributed by atoms with van der Waals surface area (Å²) in [6.07, 6.45) is 0.619. The SMILES string of the molecule is CCOCn1c(Cc2ccccc2)c(I)c(N)nc1=O. The van der Waals surface area contributed by atoms with Gasteiger partial charge in [0.15, 0.2) is 0 Å². The molecule has 0 saturated heterocycles. The number of benzene rings is 1. The van der Waals surface area contributed by atoms with E-state index in [1.807, 2.05) is 37.3 Å². The van der Waals surface area contributed by atoms with Crippen LogP contribution < -0.4 is 11.4 Å². The quantitative estimate of drug-likeness (QED) is 0.800. The third kappa shape index (κ3) is 3.37. The third-order valence-electron chi connectivity index (χ3n) is 2.89. The van der Waals surface area contributed by atoms with Crippen LogP contribution in [0.15, 0.2) is 35.1 Å². The highest BCUT2D eigenvalue weighted by atomic mass is 127. The number of anilines is 1. The summed E-state index contributed by atoms with van der Waals surface area (Å²) in [7, 11) is 0. The lowest BCUT2D eigenvalue weighted by Gasteiger charge is -2.15. The van der Waals surface area contributed by atoms with Crippen LogP contribution in [0.1, 0.15) is 18.2 Å². The van der Waals surface area contributed by atoms with Gasteiger partial charge in [-0.2, -0.15) is 4.98 Å². The summed E-state index contributed by atoms with van der Waals surface area (Å²) in [5, 5.41) is 0. The van der Waals surface area contributed by atoms with Crippen molar-refractivity contribution in [3.05, 3.63) is 55.6 Å². The van der Waals surface area contributed by atoms with E-state index in [1.165, 1.54) is 4.57 Å². The number of hydrogen-bond donors (Lipinski definition) is 1. The fourth-order valence-corrected chi connectivity index (χ4v) is 2.47. The lowest BCUT2D eigenvalue weighted by molar-refractivity contribution is 0.0824. The Morgan fingerprint density at radius 2 is 2.05 bits per heavy atom. The molecular weight excluding hydrogens is 369 g/mol. The molecular formula is C14H16IN3O2. The molecule has 0 atom stereocenters. The van der Waals surface area contributed by atoms with Gasteiger partial charge in [-0.25, -0.2) is 4.79 Å². The predicted octanol–water partition coefficient (Wildman–Crippen LogP) is 2.01. The second kappa shape index (κ2) is 6.85. The van der Waals surface area contributed by atoms with Crippen molar-refractivity contribution in [2.75, 3.05) is 12.3 Å². The highest BCUT2D eigenvalue weighted by Gasteiger charge is 2.14. The van der Waals surface area contributed by atoms with E-state index in [0.717, 1.165) is 14.8 Å². The standard InChI is InChI=1S/C14H16IN3O2/c1-2-20-9-18-11(8-10-6-4-3-5-7-10)12(15)13(16)17-14(18)19/h3-7H,2,8-9H2,1H3,(H2,16,17,19). The van der Waals surface area contributed by atoms with Gasteiger partial charge in [0.1, 0.15) is 12.5 Å². The number of aromatic nitrogens is 2. The Labute approximate surface area is 130 Å². The Morgan fingerprint density at radius 3 is 2.70 bits per heavy atom. The van der Waals surface area contributed by atoms with Gasteiger partial charge in [0.2, 0.25) is 0 Å². The Bertz CT molecular complexity index is 641. The van der Waals surface area contributed by atoms with Crippen molar-refractivity contribution in [3.8, 4) is 0 Å². The molecule has 2 rings (SSSR count). The first-order chi connectivity index (χ1) is 9.63. The van der Waals surface area contributed by atoms with Gasteiger partial charge in [-0.05, 0) is 35.1 Å². The summed E-state index contributed by atoms with van der Waals surface area (Å²) in [6.45, 7) is 2.62. The van der Waals surface area contributed by atoms with Crippen LogP contribution in [-0.4, -0.2) is 16.2 Å². The molecule has 0 fully saturated rings. The van der Waals surface area contributed by atoms with Gasteiger partial charge >= 0.3 is 5.69 Å². The van der Waals surface area contributed by atoms with Crippen molar-refractivity contribution in [3.63, 3.8) is 0 Å². The Morgan fingerprint density at radius 1 is 1.35 bits per heavy atom. The van der Waals surface area contributed by atoms with E-state index in [0.29, 0.717) is 13.0 Å². The van der Waals surface area contributed by atoms with Crippen LogP contribution in [0.25, 0.3) is 0 Å². The normalized spacial score (nSPS) is 10.7. The molecule has 0 unspecified atom stereocenters. The zero-order valence-electron chi connectivity index (χ0n) is 11.2. The van der Waals surface area contributed by atoms with Crippen LogP contribution in [0.5, 0.6) is 0 Å². The smallest absolute Gasteiger partial charge is 0.351 e. The number of rotatable bonds is 5. The second-order valence-corrected chi connectivity index (χ2v) is 5.33. The van der Waals surface area contributed by atoms with Gasteiger partial charge in [0.05, 0.1) is 3.57 Å². The van der Waals surface area contributed by atoms with E-state index in [-0.39, 0.29) is 18.2 Å². The summed E-state index contributed by atoms with van der Waals surface area (Å²) >= 11 is 2.12. The minimum atomic E-state index is -0.373. The zero-order chi connectivity index (χ0) is 14.5. The van der Waals surface area contributed by atoms with Crippen LogP contribution >= 0.6 is 22.6 Å². The molecule has 106 valence electrons. The average molecular weight is 385 g/mol. The van der Waals surface area contributed by atoms with E-state index in [4.69, 9.17) is 10.5 Å². The molecule has 0 amide bonds. The Kier molecular flexibility index (Phi) is 5.13. The van der Waals surface area contributed by atoms with Gasteiger partial charge in [0, 0.05) is 18.7 Å². The van der Waals surface area contributed by atoms with Crippen molar-refractivity contribution in [1.82, 2.24) is 9.55 Å². The van der Waals surface area contributed by atoms with Crippen molar-refractivity contribution in [2.45, 2.75) is 20.1 Å². The largest absolute Gasteiger partial charge is 0.383 e. The van der Waals surface area contributed by atoms with Crippen LogP contribution in [0, 0.1) is 3.57 Å². The minimum Gasteiger partial charge on any atom is -0.383 e. The van der Waals surface area contributed by atoms with E-state index < -0.39 is 0 Å². The maximum atomic E-state index is 12.0. The van der Waals surface area contributed by atoms with Crippen molar-refractivity contribution in [1.29, 1.82) is 0 Å². The van der Waals surface area contributed by atoms with Gasteiger partial charge in [-0.1, -0.05) is 30.3 Å². The number of ether oxygens (including phenoxy) is 1. The van der Waals surface area contributed by atoms with Crippen molar-refractivity contribution in [2.24, 2.45) is 0 Å². The van der Waals surface area contributed by atoms with Gasteiger partial charge in [-0.3, -0.25) is 4.57 Å². The molecule has 0 spiro atoms. The maximum absolute atomic E-state index is 12.0. The molecule has 1 heterocycles. The fraction of sp³-hybridized carbons (Fsp3) is 0.286. The van der Waals surface area contributed by atoms with Gasteiger partial charge < -0.3 is 10.5 Å². The molecule has 0 bridgehead atoms. The monoisotopic (exact) mass is 385 g/mol. The van der Waals surface area contributed by atoms with Crippen molar-refractivity contribution < 1.29 is 4.74 Å². The van der Waals surface area contributed by atoms with Crippen LogP contribution in [-0.2, 0) is 17.9 Å². The Hall–Kier alpha value is -1.41. The molecule has 0 aliphatic rings. The number of nitrogens with zero attached hydrogens (tertiary/aromatic N) is 2. The lowest BCUT2D eigenvalue weighted by atomic mass is 10.1. The van der Waals surface area contributed by atoms with E-state index in [9.17, 15) is 4.79 Å². The molecule has 0 radical (unpaired) electrons. The molecule has 0 saturated carbocycles. The summed E-state index contributed by atoms with van der Waals surface area (Å²) in [4.78, 5) is 15.8. The molecule has 6 heteroatoms. The fourth-order valence-electron chi connectivity index (χ4n) is 1.87. The molecule has 0 aliphatic heterocycles. The first kappa shape index (κ1) is 15.0. The molecule has 2 N–H and O–H groups in total. The molecule has 1 aromatic carbocycles. The molecule has 5 nitrogen and oxygen atoms in total. The van der Waals surface area contributed by atoms with Crippen molar-refractivity contribution >= 4 is 28.4 Å². The number of hydrogen-bond acceptors (Lipinski definition) is 4. The molecule has 2 aromatic rings. The summed E-state index contributed by atoms with van der Waals surface area (Å²) in [5.41, 5.74) is 7.37. The van der Waals surface area contributed by atoms with Crippen LogP contribution in [0.4, 0.5) is 5.82 Å². The first-order valence-corrected chi connectivity index (χ1v) is 7.37. The summed E-state index contributed by atoms with van der Waals surface area (Å²) < 4.78 is 7.69. The third-order valence-corrected chi connectivity index (χ3v) is 4.07. The summed E-state index contributed by atoms with van der Waals surface area (Å²) in [5.74, 6) is 0.272. The number of halogens is 1. The minimum absolute atomic E-state index is 0.195. The first-order valence-electron chi connectivity index (χ1n) is 6.29. The molecule has 1 aromatic heterocycles. The highest BCUT2D eigenvalue weighted by molar-refractivity contribution is 14.1. The highest BCUT2D eigenvalue weighted by Crippen LogP contribution is 2.19.